The summed E-state index contributed by atoms with van der Waals surface area (Å²) < 4.78 is 5.23. The van der Waals surface area contributed by atoms with Crippen LogP contribution in [0.1, 0.15) is 20.3 Å². The molecule has 0 saturated carbocycles. The SMILES string of the molecule is C=CCO/C(=C/C)CC. The summed E-state index contributed by atoms with van der Waals surface area (Å²) in [5.41, 5.74) is 0. The number of hydrogen-bond acceptors (Lipinski definition) is 1. The Morgan fingerprint density at radius 2 is 2.33 bits per heavy atom. The van der Waals surface area contributed by atoms with Crippen LogP contribution in [0.15, 0.2) is 24.5 Å². The van der Waals surface area contributed by atoms with E-state index in [1.807, 2.05) is 13.0 Å². The Kier molecular flexibility index (Phi) is 4.98. The lowest BCUT2D eigenvalue weighted by Gasteiger charge is -2.03. The van der Waals surface area contributed by atoms with Gasteiger partial charge < -0.3 is 4.74 Å². The van der Waals surface area contributed by atoms with Gasteiger partial charge in [-0.05, 0) is 13.0 Å². The van der Waals surface area contributed by atoms with Crippen LogP contribution >= 0.6 is 0 Å². The van der Waals surface area contributed by atoms with Gasteiger partial charge in [0.1, 0.15) is 6.61 Å². The van der Waals surface area contributed by atoms with Crippen LogP contribution in [0, 0.1) is 0 Å². The van der Waals surface area contributed by atoms with Gasteiger partial charge in [-0.1, -0.05) is 19.6 Å². The Bertz CT molecular complexity index is 103. The van der Waals surface area contributed by atoms with Crippen LogP contribution in [0.3, 0.4) is 0 Å². The third kappa shape index (κ3) is 3.83. The summed E-state index contributed by atoms with van der Waals surface area (Å²) in [5.74, 6) is 1.04. The van der Waals surface area contributed by atoms with Gasteiger partial charge in [-0.15, -0.1) is 0 Å². The van der Waals surface area contributed by atoms with Gasteiger partial charge in [0.2, 0.25) is 0 Å². The molecule has 0 saturated heterocycles. The van der Waals surface area contributed by atoms with E-state index in [1.165, 1.54) is 0 Å². The minimum absolute atomic E-state index is 0.619. The summed E-state index contributed by atoms with van der Waals surface area (Å²) in [6.45, 7) is 8.21. The lowest BCUT2D eigenvalue weighted by molar-refractivity contribution is 0.238. The maximum Gasteiger partial charge on any atom is 0.106 e. The molecule has 0 aromatic carbocycles. The van der Waals surface area contributed by atoms with Crippen LogP contribution in [0.2, 0.25) is 0 Å². The van der Waals surface area contributed by atoms with Gasteiger partial charge in [0.05, 0.1) is 5.76 Å². The fraction of sp³-hybridized carbons (Fsp3) is 0.500. The fourth-order valence-electron chi connectivity index (χ4n) is 0.555. The van der Waals surface area contributed by atoms with Gasteiger partial charge in [0.15, 0.2) is 0 Å². The first-order valence-electron chi connectivity index (χ1n) is 3.24. The maximum atomic E-state index is 5.23. The molecular formula is C8H14O. The average Bonchev–Trinajstić information content (AvgIpc) is 1.91. The first-order chi connectivity index (χ1) is 4.35. The molecule has 0 fully saturated rings. The van der Waals surface area contributed by atoms with Gasteiger partial charge in [0, 0.05) is 6.42 Å². The van der Waals surface area contributed by atoms with Crippen molar-refractivity contribution in [1.29, 1.82) is 0 Å². The molecule has 0 aliphatic carbocycles. The summed E-state index contributed by atoms with van der Waals surface area (Å²) in [6.07, 6.45) is 4.69. The molecule has 1 heteroatoms. The van der Waals surface area contributed by atoms with E-state index in [4.69, 9.17) is 4.74 Å². The molecule has 0 bridgehead atoms. The Hall–Kier alpha value is -0.720. The number of allylic oxidation sites excluding steroid dienone is 2. The Balaban J connectivity index is 3.44. The van der Waals surface area contributed by atoms with E-state index in [0.717, 1.165) is 12.2 Å². The zero-order chi connectivity index (χ0) is 7.11. The third-order valence-corrected chi connectivity index (χ3v) is 1.06. The van der Waals surface area contributed by atoms with Crippen molar-refractivity contribution in [3.63, 3.8) is 0 Å². The van der Waals surface area contributed by atoms with E-state index < -0.39 is 0 Å². The zero-order valence-electron chi connectivity index (χ0n) is 6.18. The van der Waals surface area contributed by atoms with Crippen molar-refractivity contribution in [2.45, 2.75) is 20.3 Å². The highest BCUT2D eigenvalue weighted by atomic mass is 16.5. The smallest absolute Gasteiger partial charge is 0.106 e. The largest absolute Gasteiger partial charge is 0.494 e. The molecule has 0 aromatic heterocycles. The van der Waals surface area contributed by atoms with E-state index in [9.17, 15) is 0 Å². The highest BCUT2D eigenvalue weighted by Gasteiger charge is 1.87. The van der Waals surface area contributed by atoms with Crippen LogP contribution in [-0.4, -0.2) is 6.61 Å². The molecule has 0 rings (SSSR count). The molecule has 0 radical (unpaired) electrons. The third-order valence-electron chi connectivity index (χ3n) is 1.06. The average molecular weight is 126 g/mol. The van der Waals surface area contributed by atoms with Crippen molar-refractivity contribution in [2.24, 2.45) is 0 Å². The number of rotatable bonds is 4. The maximum absolute atomic E-state index is 5.23. The summed E-state index contributed by atoms with van der Waals surface area (Å²) in [7, 11) is 0. The Morgan fingerprint density at radius 1 is 1.67 bits per heavy atom. The van der Waals surface area contributed by atoms with E-state index in [0.29, 0.717) is 6.61 Å². The van der Waals surface area contributed by atoms with Gasteiger partial charge in [-0.2, -0.15) is 0 Å². The normalized spacial score (nSPS) is 11.1. The van der Waals surface area contributed by atoms with Gasteiger partial charge >= 0.3 is 0 Å². The minimum atomic E-state index is 0.619. The molecule has 0 amide bonds. The van der Waals surface area contributed by atoms with Crippen LogP contribution in [0.25, 0.3) is 0 Å². The van der Waals surface area contributed by atoms with E-state index in [-0.39, 0.29) is 0 Å². The molecule has 1 nitrogen and oxygen atoms in total. The summed E-state index contributed by atoms with van der Waals surface area (Å²) >= 11 is 0. The standard InChI is InChI=1S/C8H14O/c1-4-7-9-8(5-2)6-3/h4-5H,1,6-7H2,2-3H3/b8-5+. The van der Waals surface area contributed by atoms with Crippen LogP contribution < -0.4 is 0 Å². The van der Waals surface area contributed by atoms with Crippen molar-refractivity contribution in [3.8, 4) is 0 Å². The van der Waals surface area contributed by atoms with Crippen molar-refractivity contribution in [2.75, 3.05) is 6.61 Å². The summed E-state index contributed by atoms with van der Waals surface area (Å²) in [6, 6.07) is 0. The topological polar surface area (TPSA) is 9.23 Å². The predicted octanol–water partition coefficient (Wildman–Crippen LogP) is 2.50. The fourth-order valence-corrected chi connectivity index (χ4v) is 0.555. The second-order valence-corrected chi connectivity index (χ2v) is 1.71. The van der Waals surface area contributed by atoms with Crippen LogP contribution in [-0.2, 0) is 4.74 Å². The molecule has 0 heterocycles. The molecule has 9 heavy (non-hydrogen) atoms. The zero-order valence-corrected chi connectivity index (χ0v) is 6.18. The molecule has 0 N–H and O–H groups in total. The molecule has 0 aliphatic heterocycles. The number of hydrogen-bond donors (Lipinski definition) is 0. The van der Waals surface area contributed by atoms with Gasteiger partial charge in [0.25, 0.3) is 0 Å². The van der Waals surface area contributed by atoms with Crippen molar-refractivity contribution < 1.29 is 4.74 Å². The molecular weight excluding hydrogens is 112 g/mol. The molecule has 0 aromatic rings. The highest BCUT2D eigenvalue weighted by molar-refractivity contribution is 4.89. The van der Waals surface area contributed by atoms with Gasteiger partial charge in [-0.3, -0.25) is 0 Å². The Morgan fingerprint density at radius 3 is 2.67 bits per heavy atom. The van der Waals surface area contributed by atoms with Crippen molar-refractivity contribution in [1.82, 2.24) is 0 Å². The van der Waals surface area contributed by atoms with Gasteiger partial charge in [-0.25, -0.2) is 0 Å². The summed E-state index contributed by atoms with van der Waals surface area (Å²) in [5, 5.41) is 0. The molecule has 0 spiro atoms. The van der Waals surface area contributed by atoms with Crippen LogP contribution in [0.5, 0.6) is 0 Å². The van der Waals surface area contributed by atoms with E-state index >= 15 is 0 Å². The molecule has 0 atom stereocenters. The summed E-state index contributed by atoms with van der Waals surface area (Å²) in [4.78, 5) is 0. The Labute approximate surface area is 57.0 Å². The molecule has 0 unspecified atom stereocenters. The number of ether oxygens (including phenoxy) is 1. The van der Waals surface area contributed by atoms with E-state index in [2.05, 4.69) is 13.5 Å². The van der Waals surface area contributed by atoms with Crippen molar-refractivity contribution in [3.05, 3.63) is 24.5 Å². The second-order valence-electron chi connectivity index (χ2n) is 1.71. The first kappa shape index (κ1) is 8.28. The van der Waals surface area contributed by atoms with E-state index in [1.54, 1.807) is 6.08 Å². The first-order valence-corrected chi connectivity index (χ1v) is 3.24. The quantitative estimate of drug-likeness (QED) is 0.415. The van der Waals surface area contributed by atoms with Crippen LogP contribution in [0.4, 0.5) is 0 Å². The predicted molar refractivity (Wildman–Crippen MR) is 40.2 cm³/mol. The second kappa shape index (κ2) is 5.42. The molecule has 0 aliphatic rings. The monoisotopic (exact) mass is 126 g/mol. The minimum Gasteiger partial charge on any atom is -0.494 e. The highest BCUT2D eigenvalue weighted by Crippen LogP contribution is 2.00. The lowest BCUT2D eigenvalue weighted by atomic mass is 10.4. The van der Waals surface area contributed by atoms with Crippen molar-refractivity contribution >= 4 is 0 Å². The lowest BCUT2D eigenvalue weighted by Crippen LogP contribution is -1.89. The molecule has 52 valence electrons.